The van der Waals surface area contributed by atoms with Crippen LogP contribution in [0.4, 0.5) is 29.3 Å². The Labute approximate surface area is 188 Å². The number of thioether (sulfide) groups is 1. The first-order valence-corrected chi connectivity index (χ1v) is 11.2. The molecule has 1 aromatic carbocycles. The number of amides is 3. The van der Waals surface area contributed by atoms with Crippen LogP contribution >= 0.6 is 11.8 Å². The maximum absolute atomic E-state index is 13.3. The van der Waals surface area contributed by atoms with E-state index in [1.807, 2.05) is 19.9 Å². The number of rotatable bonds is 7. The Morgan fingerprint density at radius 2 is 1.75 bits per heavy atom. The molecule has 1 aromatic heterocycles. The molecular formula is C22H23F3N4O2S. The molecule has 1 saturated heterocycles. The number of aromatic nitrogens is 1. The predicted molar refractivity (Wildman–Crippen MR) is 117 cm³/mol. The van der Waals surface area contributed by atoms with Crippen LogP contribution in [0.2, 0.25) is 0 Å². The van der Waals surface area contributed by atoms with Crippen molar-refractivity contribution in [3.63, 3.8) is 0 Å². The Morgan fingerprint density at radius 1 is 1.09 bits per heavy atom. The molecule has 170 valence electrons. The number of hydrogen-bond acceptors (Lipinski definition) is 5. The quantitative estimate of drug-likeness (QED) is 0.424. The van der Waals surface area contributed by atoms with Crippen LogP contribution in [0.25, 0.3) is 0 Å². The van der Waals surface area contributed by atoms with E-state index in [1.165, 1.54) is 24.3 Å². The van der Waals surface area contributed by atoms with Gasteiger partial charge in [-0.25, -0.2) is 9.69 Å². The highest BCUT2D eigenvalue weighted by Crippen LogP contribution is 2.50. The molecular weight excluding hydrogens is 441 g/mol. The lowest BCUT2D eigenvalue weighted by molar-refractivity contribution is -0.120. The number of alkyl halides is 3. The van der Waals surface area contributed by atoms with Crippen molar-refractivity contribution in [2.45, 2.75) is 49.2 Å². The molecule has 1 aliphatic heterocycles. The van der Waals surface area contributed by atoms with Crippen LogP contribution in [0.1, 0.15) is 32.3 Å². The number of benzene rings is 1. The molecule has 6 nitrogen and oxygen atoms in total. The van der Waals surface area contributed by atoms with Crippen molar-refractivity contribution < 1.29 is 22.8 Å². The van der Waals surface area contributed by atoms with E-state index >= 15 is 0 Å². The van der Waals surface area contributed by atoms with Crippen molar-refractivity contribution in [3.05, 3.63) is 48.3 Å². The molecule has 0 radical (unpaired) electrons. The van der Waals surface area contributed by atoms with E-state index < -0.39 is 17.1 Å². The van der Waals surface area contributed by atoms with Gasteiger partial charge in [0, 0.05) is 24.2 Å². The Morgan fingerprint density at radius 3 is 2.31 bits per heavy atom. The van der Waals surface area contributed by atoms with Crippen molar-refractivity contribution in [1.82, 2.24) is 9.88 Å². The van der Waals surface area contributed by atoms with Gasteiger partial charge in [0.05, 0.1) is 24.1 Å². The monoisotopic (exact) mass is 464 g/mol. The summed E-state index contributed by atoms with van der Waals surface area (Å²) in [5.41, 5.74) is -3.18. The van der Waals surface area contributed by atoms with Crippen molar-refractivity contribution >= 4 is 35.1 Å². The lowest BCUT2D eigenvalue weighted by Crippen LogP contribution is -2.37. The first-order valence-electron chi connectivity index (χ1n) is 10.4. The largest absolute Gasteiger partial charge is 0.446 e. The number of hydrogen-bond donors (Lipinski definition) is 0. The topological polar surface area (TPSA) is 56.8 Å². The average molecular weight is 465 g/mol. The van der Waals surface area contributed by atoms with Gasteiger partial charge in [-0.1, -0.05) is 0 Å². The van der Waals surface area contributed by atoms with Crippen molar-refractivity contribution in [2.24, 2.45) is 0 Å². The van der Waals surface area contributed by atoms with Crippen LogP contribution in [0, 0.1) is 0 Å². The number of imide groups is 1. The minimum absolute atomic E-state index is 0.000939. The summed E-state index contributed by atoms with van der Waals surface area (Å²) in [7, 11) is 0. The zero-order valence-corrected chi connectivity index (χ0v) is 18.5. The summed E-state index contributed by atoms with van der Waals surface area (Å²) in [6, 6.07) is 6.72. The fourth-order valence-corrected chi connectivity index (χ4v) is 4.67. The number of urea groups is 1. The van der Waals surface area contributed by atoms with Crippen molar-refractivity contribution in [2.75, 3.05) is 22.9 Å². The van der Waals surface area contributed by atoms with Gasteiger partial charge < -0.3 is 9.80 Å². The van der Waals surface area contributed by atoms with Gasteiger partial charge in [0.15, 0.2) is 0 Å². The van der Waals surface area contributed by atoms with Crippen LogP contribution in [0.15, 0.2) is 47.6 Å². The summed E-state index contributed by atoms with van der Waals surface area (Å²) in [5, 5.41) is 0. The molecule has 0 N–H and O–H groups in total. The minimum atomic E-state index is -4.40. The Kier molecular flexibility index (Phi) is 5.83. The number of pyridine rings is 1. The SMILES string of the molecule is CCN(CC)c1cnccc1CN1C(=O)N(c2ccc(SC(F)(F)F)cc2)C(=O)C12CC2. The zero-order chi connectivity index (χ0) is 23.1. The zero-order valence-electron chi connectivity index (χ0n) is 17.7. The lowest BCUT2D eigenvalue weighted by Gasteiger charge is -2.27. The fourth-order valence-electron chi connectivity index (χ4n) is 4.13. The number of halogens is 3. The molecule has 0 unspecified atom stereocenters. The first-order chi connectivity index (χ1) is 15.2. The number of anilines is 2. The molecule has 3 amide bonds. The second-order valence-electron chi connectivity index (χ2n) is 7.76. The van der Waals surface area contributed by atoms with E-state index in [-0.39, 0.29) is 34.8 Å². The maximum atomic E-state index is 13.3. The number of carbonyl (C=O) groups is 2. The fraction of sp³-hybridized carbons (Fsp3) is 0.409. The van der Waals surface area contributed by atoms with E-state index in [4.69, 9.17) is 0 Å². The maximum Gasteiger partial charge on any atom is 0.446 e. The molecule has 1 aliphatic carbocycles. The summed E-state index contributed by atoms with van der Waals surface area (Å²) < 4.78 is 37.8. The average Bonchev–Trinajstić information content (AvgIpc) is 3.52. The second-order valence-corrected chi connectivity index (χ2v) is 8.90. The molecule has 1 saturated carbocycles. The molecule has 2 aromatic rings. The van der Waals surface area contributed by atoms with Crippen molar-refractivity contribution in [3.8, 4) is 0 Å². The first kappa shape index (κ1) is 22.4. The van der Waals surface area contributed by atoms with Gasteiger partial charge in [-0.3, -0.25) is 9.78 Å². The minimum Gasteiger partial charge on any atom is -0.371 e. The molecule has 2 heterocycles. The standard InChI is InChI=1S/C22H23F3N4O2S/c1-3-27(4-2)18-13-26-12-9-15(18)14-28-20(31)29(19(30)21(28)10-11-21)16-5-7-17(8-6-16)32-22(23,24)25/h5-9,12-13H,3-4,10-11,14H2,1-2H3. The Bertz CT molecular complexity index is 1020. The molecule has 4 rings (SSSR count). The van der Waals surface area contributed by atoms with Crippen LogP contribution in [-0.2, 0) is 11.3 Å². The summed E-state index contributed by atoms with van der Waals surface area (Å²) in [6.45, 7) is 5.89. The predicted octanol–water partition coefficient (Wildman–Crippen LogP) is 5.04. The highest BCUT2D eigenvalue weighted by Gasteiger charge is 2.65. The lowest BCUT2D eigenvalue weighted by atomic mass is 10.1. The van der Waals surface area contributed by atoms with Gasteiger partial charge in [0.25, 0.3) is 5.91 Å². The highest BCUT2D eigenvalue weighted by molar-refractivity contribution is 8.00. The normalized spacial score (nSPS) is 17.4. The van der Waals surface area contributed by atoms with Gasteiger partial charge in [-0.2, -0.15) is 13.2 Å². The van der Waals surface area contributed by atoms with E-state index in [1.54, 1.807) is 17.3 Å². The molecule has 32 heavy (non-hydrogen) atoms. The number of carbonyl (C=O) groups excluding carboxylic acids is 2. The van der Waals surface area contributed by atoms with E-state index in [9.17, 15) is 22.8 Å². The third kappa shape index (κ3) is 4.03. The molecule has 10 heteroatoms. The molecule has 0 bridgehead atoms. The molecule has 2 aliphatic rings. The smallest absolute Gasteiger partial charge is 0.371 e. The summed E-state index contributed by atoms with van der Waals surface area (Å²) in [6.07, 6.45) is 4.57. The van der Waals surface area contributed by atoms with E-state index in [0.29, 0.717) is 12.8 Å². The highest BCUT2D eigenvalue weighted by atomic mass is 32.2. The van der Waals surface area contributed by atoms with E-state index in [0.717, 1.165) is 29.2 Å². The van der Waals surface area contributed by atoms with E-state index in [2.05, 4.69) is 9.88 Å². The van der Waals surface area contributed by atoms with Crippen LogP contribution in [0.3, 0.4) is 0 Å². The van der Waals surface area contributed by atoms with Gasteiger partial charge in [0.2, 0.25) is 0 Å². The van der Waals surface area contributed by atoms with Crippen LogP contribution in [-0.4, -0.2) is 46.0 Å². The second kappa shape index (κ2) is 8.31. The number of nitrogens with zero attached hydrogens (tertiary/aromatic N) is 4. The molecule has 0 atom stereocenters. The van der Waals surface area contributed by atoms with Crippen LogP contribution in [0.5, 0.6) is 0 Å². The summed E-state index contributed by atoms with van der Waals surface area (Å²) in [4.78, 5) is 35.6. The van der Waals surface area contributed by atoms with Gasteiger partial charge in [-0.15, -0.1) is 0 Å². The van der Waals surface area contributed by atoms with Gasteiger partial charge in [0.1, 0.15) is 5.54 Å². The Hall–Kier alpha value is -2.75. The molecule has 1 spiro atoms. The van der Waals surface area contributed by atoms with Crippen molar-refractivity contribution in [1.29, 1.82) is 0 Å². The third-order valence-electron chi connectivity index (χ3n) is 5.91. The van der Waals surface area contributed by atoms with Gasteiger partial charge >= 0.3 is 11.5 Å². The van der Waals surface area contributed by atoms with Crippen LogP contribution < -0.4 is 9.80 Å². The van der Waals surface area contributed by atoms with Gasteiger partial charge in [-0.05, 0) is 74.3 Å². The Balaban J connectivity index is 1.61. The molecule has 2 fully saturated rings. The summed E-state index contributed by atoms with van der Waals surface area (Å²) >= 11 is -0.233. The summed E-state index contributed by atoms with van der Waals surface area (Å²) in [5.74, 6) is -0.322. The third-order valence-corrected chi connectivity index (χ3v) is 6.65.